The van der Waals surface area contributed by atoms with E-state index in [4.69, 9.17) is 4.42 Å². The fraction of sp³-hybridized carbons (Fsp3) is 0.0500. The van der Waals surface area contributed by atoms with Crippen LogP contribution in [0.4, 0.5) is 5.69 Å². The average Bonchev–Trinajstić information content (AvgIpc) is 3.08. The van der Waals surface area contributed by atoms with E-state index in [1.54, 1.807) is 18.3 Å². The normalized spacial score (nSPS) is 10.8. The van der Waals surface area contributed by atoms with Crippen molar-refractivity contribution in [2.45, 2.75) is 6.92 Å². The van der Waals surface area contributed by atoms with Crippen LogP contribution in [0.15, 0.2) is 71.4 Å². The molecule has 0 saturated heterocycles. The standard InChI is InChI=1S/C20H15N3O2/c1-13-15(20-23-17-8-2-3-10-18(17)25-20)7-4-9-16(13)22-19(24)14-6-5-11-21-12-14/h2-12H,1H3,(H,22,24). The Morgan fingerprint density at radius 1 is 1.04 bits per heavy atom. The summed E-state index contributed by atoms with van der Waals surface area (Å²) in [5.41, 5.74) is 4.51. The number of oxazole rings is 1. The number of amides is 1. The van der Waals surface area contributed by atoms with Crippen molar-refractivity contribution in [1.29, 1.82) is 0 Å². The van der Waals surface area contributed by atoms with Gasteiger partial charge in [-0.05, 0) is 48.9 Å². The van der Waals surface area contributed by atoms with E-state index in [2.05, 4.69) is 15.3 Å². The Hall–Kier alpha value is -3.47. The van der Waals surface area contributed by atoms with Gasteiger partial charge in [-0.15, -0.1) is 0 Å². The number of carbonyl (C=O) groups excluding carboxylic acids is 1. The van der Waals surface area contributed by atoms with E-state index in [0.717, 1.165) is 22.2 Å². The van der Waals surface area contributed by atoms with E-state index in [0.29, 0.717) is 17.1 Å². The molecule has 0 radical (unpaired) electrons. The smallest absolute Gasteiger partial charge is 0.257 e. The minimum Gasteiger partial charge on any atom is -0.436 e. The molecule has 4 rings (SSSR count). The van der Waals surface area contributed by atoms with Crippen molar-refractivity contribution in [2.24, 2.45) is 0 Å². The summed E-state index contributed by atoms with van der Waals surface area (Å²) in [6, 6.07) is 16.7. The Morgan fingerprint density at radius 3 is 2.72 bits per heavy atom. The first-order valence-electron chi connectivity index (χ1n) is 7.89. The highest BCUT2D eigenvalue weighted by Gasteiger charge is 2.14. The van der Waals surface area contributed by atoms with Crippen LogP contribution in [0.1, 0.15) is 15.9 Å². The summed E-state index contributed by atoms with van der Waals surface area (Å²) in [4.78, 5) is 20.9. The van der Waals surface area contributed by atoms with E-state index >= 15 is 0 Å². The molecule has 2 aromatic carbocycles. The molecule has 4 aromatic rings. The first-order valence-corrected chi connectivity index (χ1v) is 7.89. The molecular weight excluding hydrogens is 314 g/mol. The number of fused-ring (bicyclic) bond motifs is 1. The van der Waals surface area contributed by atoms with Crippen molar-refractivity contribution in [2.75, 3.05) is 5.32 Å². The van der Waals surface area contributed by atoms with Crippen molar-refractivity contribution < 1.29 is 9.21 Å². The van der Waals surface area contributed by atoms with Crippen molar-refractivity contribution in [3.05, 3.63) is 78.1 Å². The van der Waals surface area contributed by atoms with E-state index in [-0.39, 0.29) is 5.91 Å². The number of nitrogens with zero attached hydrogens (tertiary/aromatic N) is 2. The number of pyridine rings is 1. The molecule has 0 aliphatic carbocycles. The number of hydrogen-bond acceptors (Lipinski definition) is 4. The molecule has 0 aliphatic heterocycles. The van der Waals surface area contributed by atoms with Crippen LogP contribution in [0.5, 0.6) is 0 Å². The minimum absolute atomic E-state index is 0.203. The second-order valence-corrected chi connectivity index (χ2v) is 5.66. The predicted octanol–water partition coefficient (Wildman–Crippen LogP) is 4.45. The lowest BCUT2D eigenvalue weighted by Gasteiger charge is -2.10. The highest BCUT2D eigenvalue weighted by molar-refractivity contribution is 6.04. The van der Waals surface area contributed by atoms with Gasteiger partial charge in [-0.3, -0.25) is 9.78 Å². The number of rotatable bonds is 3. The number of benzene rings is 2. The van der Waals surface area contributed by atoms with Crippen LogP contribution in [0.2, 0.25) is 0 Å². The van der Waals surface area contributed by atoms with Gasteiger partial charge in [0.25, 0.3) is 5.91 Å². The maximum atomic E-state index is 12.4. The van der Waals surface area contributed by atoms with E-state index in [9.17, 15) is 4.79 Å². The monoisotopic (exact) mass is 329 g/mol. The molecule has 122 valence electrons. The van der Waals surface area contributed by atoms with Gasteiger partial charge in [0, 0.05) is 23.6 Å². The predicted molar refractivity (Wildman–Crippen MR) is 96.4 cm³/mol. The number of aromatic nitrogens is 2. The molecule has 0 unspecified atom stereocenters. The van der Waals surface area contributed by atoms with Crippen molar-refractivity contribution in [3.63, 3.8) is 0 Å². The van der Waals surface area contributed by atoms with E-state index < -0.39 is 0 Å². The number of para-hydroxylation sites is 2. The van der Waals surface area contributed by atoms with Crippen LogP contribution in [0.3, 0.4) is 0 Å². The zero-order valence-electron chi connectivity index (χ0n) is 13.6. The number of hydrogen-bond donors (Lipinski definition) is 1. The Bertz CT molecular complexity index is 1020. The maximum Gasteiger partial charge on any atom is 0.257 e. The third-order valence-electron chi connectivity index (χ3n) is 4.03. The Balaban J connectivity index is 1.69. The topological polar surface area (TPSA) is 68.0 Å². The fourth-order valence-electron chi connectivity index (χ4n) is 2.68. The second-order valence-electron chi connectivity index (χ2n) is 5.66. The molecule has 0 fully saturated rings. The third-order valence-corrected chi connectivity index (χ3v) is 4.03. The van der Waals surface area contributed by atoms with Crippen molar-refractivity contribution in [3.8, 4) is 11.5 Å². The van der Waals surface area contributed by atoms with Crippen molar-refractivity contribution >= 4 is 22.7 Å². The zero-order valence-corrected chi connectivity index (χ0v) is 13.6. The van der Waals surface area contributed by atoms with Gasteiger partial charge >= 0.3 is 0 Å². The molecule has 0 bridgehead atoms. The molecule has 0 spiro atoms. The lowest BCUT2D eigenvalue weighted by Crippen LogP contribution is -2.13. The van der Waals surface area contributed by atoms with E-state index in [1.165, 1.54) is 6.20 Å². The minimum atomic E-state index is -0.203. The van der Waals surface area contributed by atoms with Crippen LogP contribution >= 0.6 is 0 Å². The first-order chi connectivity index (χ1) is 12.2. The van der Waals surface area contributed by atoms with Crippen LogP contribution in [0, 0.1) is 6.92 Å². The molecule has 2 aromatic heterocycles. The van der Waals surface area contributed by atoms with Crippen LogP contribution < -0.4 is 5.32 Å². The molecule has 5 heteroatoms. The lowest BCUT2D eigenvalue weighted by atomic mass is 10.1. The molecule has 1 N–H and O–H groups in total. The van der Waals surface area contributed by atoms with Crippen molar-refractivity contribution in [1.82, 2.24) is 9.97 Å². The zero-order chi connectivity index (χ0) is 17.2. The van der Waals surface area contributed by atoms with E-state index in [1.807, 2.05) is 49.4 Å². The molecule has 1 amide bonds. The van der Waals surface area contributed by atoms with Gasteiger partial charge in [0.15, 0.2) is 5.58 Å². The van der Waals surface area contributed by atoms with Gasteiger partial charge in [-0.2, -0.15) is 0 Å². The van der Waals surface area contributed by atoms with Gasteiger partial charge in [0.2, 0.25) is 5.89 Å². The highest BCUT2D eigenvalue weighted by Crippen LogP contribution is 2.30. The Labute approximate surface area is 144 Å². The van der Waals surface area contributed by atoms with Crippen LogP contribution in [0.25, 0.3) is 22.6 Å². The summed E-state index contributed by atoms with van der Waals surface area (Å²) < 4.78 is 5.85. The lowest BCUT2D eigenvalue weighted by molar-refractivity contribution is 0.102. The number of anilines is 1. The summed E-state index contributed by atoms with van der Waals surface area (Å²) in [5, 5.41) is 2.92. The van der Waals surface area contributed by atoms with Gasteiger partial charge in [0.05, 0.1) is 5.56 Å². The van der Waals surface area contributed by atoms with Crippen LogP contribution in [-0.2, 0) is 0 Å². The molecule has 0 atom stereocenters. The highest BCUT2D eigenvalue weighted by atomic mass is 16.3. The third kappa shape index (κ3) is 2.87. The van der Waals surface area contributed by atoms with Gasteiger partial charge in [0.1, 0.15) is 5.52 Å². The summed E-state index contributed by atoms with van der Waals surface area (Å²) >= 11 is 0. The number of nitrogens with one attached hydrogen (secondary N) is 1. The van der Waals surface area contributed by atoms with Gasteiger partial charge in [-0.25, -0.2) is 4.98 Å². The Kier molecular flexibility index (Phi) is 3.74. The Morgan fingerprint density at radius 2 is 1.92 bits per heavy atom. The summed E-state index contributed by atoms with van der Waals surface area (Å²) in [7, 11) is 0. The first kappa shape index (κ1) is 15.1. The molecule has 0 saturated carbocycles. The molecule has 5 nitrogen and oxygen atoms in total. The average molecular weight is 329 g/mol. The summed E-state index contributed by atoms with van der Waals surface area (Å²) in [6.45, 7) is 1.93. The number of carbonyl (C=O) groups is 1. The van der Waals surface area contributed by atoms with Gasteiger partial charge in [-0.1, -0.05) is 18.2 Å². The van der Waals surface area contributed by atoms with Crippen LogP contribution in [-0.4, -0.2) is 15.9 Å². The SMILES string of the molecule is Cc1c(NC(=O)c2cccnc2)cccc1-c1nc2ccccc2o1. The molecule has 2 heterocycles. The summed E-state index contributed by atoms with van der Waals surface area (Å²) in [5.74, 6) is 0.335. The molecular formula is C20H15N3O2. The van der Waals surface area contributed by atoms with Gasteiger partial charge < -0.3 is 9.73 Å². The quantitative estimate of drug-likeness (QED) is 0.603. The fourth-order valence-corrected chi connectivity index (χ4v) is 2.68. The second kappa shape index (κ2) is 6.20. The maximum absolute atomic E-state index is 12.4. The molecule has 25 heavy (non-hydrogen) atoms. The largest absolute Gasteiger partial charge is 0.436 e. The summed E-state index contributed by atoms with van der Waals surface area (Å²) in [6.07, 6.45) is 3.17. The molecule has 0 aliphatic rings.